The van der Waals surface area contributed by atoms with Crippen LogP contribution in [0, 0.1) is 6.92 Å². The molecule has 0 aliphatic carbocycles. The van der Waals surface area contributed by atoms with Gasteiger partial charge in [0.1, 0.15) is 5.56 Å². The van der Waals surface area contributed by atoms with Gasteiger partial charge in [0.05, 0.1) is 7.11 Å². The highest BCUT2D eigenvalue weighted by Crippen LogP contribution is 2.16. The molecule has 64 valence electrons. The normalized spacial score (nSPS) is 9.50. The number of primary amides is 1. The molecule has 0 aromatic carbocycles. The number of hydrogen-bond acceptors (Lipinski definition) is 3. The first-order valence-corrected chi connectivity index (χ1v) is 3.46. The van der Waals surface area contributed by atoms with E-state index in [9.17, 15) is 4.79 Å². The van der Waals surface area contributed by atoms with Crippen LogP contribution in [0.15, 0.2) is 12.3 Å². The molecule has 0 saturated heterocycles. The van der Waals surface area contributed by atoms with Crippen molar-refractivity contribution >= 4 is 5.91 Å². The van der Waals surface area contributed by atoms with Crippen LogP contribution < -0.4 is 10.5 Å². The monoisotopic (exact) mass is 166 g/mol. The van der Waals surface area contributed by atoms with Gasteiger partial charge in [-0.1, -0.05) is 0 Å². The molecule has 0 aliphatic heterocycles. The molecule has 0 bridgehead atoms. The summed E-state index contributed by atoms with van der Waals surface area (Å²) in [4.78, 5) is 14.8. The maximum Gasteiger partial charge on any atom is 0.254 e. The summed E-state index contributed by atoms with van der Waals surface area (Å²) in [5.74, 6) is -0.236. The fourth-order valence-electron chi connectivity index (χ4n) is 0.988. The number of hydrogen-bond donors (Lipinski definition) is 1. The van der Waals surface area contributed by atoms with E-state index < -0.39 is 5.91 Å². The smallest absolute Gasteiger partial charge is 0.254 e. The number of ether oxygens (including phenoxy) is 1. The van der Waals surface area contributed by atoms with Gasteiger partial charge in [0.15, 0.2) is 0 Å². The average Bonchev–Trinajstić information content (AvgIpc) is 2.03. The summed E-state index contributed by atoms with van der Waals surface area (Å²) in [6.45, 7) is 1.78. The lowest BCUT2D eigenvalue weighted by Crippen LogP contribution is -2.14. The number of aryl methyl sites for hydroxylation is 1. The Morgan fingerprint density at radius 1 is 1.67 bits per heavy atom. The Hall–Kier alpha value is -1.58. The van der Waals surface area contributed by atoms with E-state index in [4.69, 9.17) is 10.5 Å². The van der Waals surface area contributed by atoms with Gasteiger partial charge in [0, 0.05) is 6.20 Å². The minimum absolute atomic E-state index is 0.280. The second-order valence-corrected chi connectivity index (χ2v) is 2.38. The second-order valence-electron chi connectivity index (χ2n) is 2.38. The highest BCUT2D eigenvalue weighted by molar-refractivity contribution is 5.96. The molecule has 1 aromatic heterocycles. The van der Waals surface area contributed by atoms with Crippen LogP contribution in [0.2, 0.25) is 0 Å². The molecule has 0 unspecified atom stereocenters. The van der Waals surface area contributed by atoms with E-state index in [-0.39, 0.29) is 5.88 Å². The number of rotatable bonds is 2. The highest BCUT2D eigenvalue weighted by atomic mass is 16.5. The van der Waals surface area contributed by atoms with Crippen LogP contribution in [-0.4, -0.2) is 18.0 Å². The molecular formula is C8H10N2O2. The summed E-state index contributed by atoms with van der Waals surface area (Å²) >= 11 is 0. The van der Waals surface area contributed by atoms with Crippen molar-refractivity contribution in [3.63, 3.8) is 0 Å². The van der Waals surface area contributed by atoms with Gasteiger partial charge in [-0.25, -0.2) is 4.98 Å². The largest absolute Gasteiger partial charge is 0.480 e. The van der Waals surface area contributed by atoms with E-state index in [1.54, 1.807) is 19.2 Å². The van der Waals surface area contributed by atoms with Gasteiger partial charge < -0.3 is 10.5 Å². The minimum Gasteiger partial charge on any atom is -0.480 e. The Bertz CT molecular complexity index is 310. The fourth-order valence-corrected chi connectivity index (χ4v) is 0.988. The van der Waals surface area contributed by atoms with Crippen LogP contribution in [0.4, 0.5) is 0 Å². The molecule has 1 rings (SSSR count). The van der Waals surface area contributed by atoms with Crippen molar-refractivity contribution in [2.45, 2.75) is 6.92 Å². The van der Waals surface area contributed by atoms with Gasteiger partial charge >= 0.3 is 0 Å². The zero-order valence-electron chi connectivity index (χ0n) is 7.00. The van der Waals surface area contributed by atoms with Crippen LogP contribution in [0.1, 0.15) is 15.9 Å². The van der Waals surface area contributed by atoms with E-state index in [1.165, 1.54) is 7.11 Å². The number of nitrogens with two attached hydrogens (primary N) is 1. The molecule has 0 fully saturated rings. The molecule has 0 spiro atoms. The SMILES string of the molecule is COc1nccc(C)c1C(N)=O. The standard InChI is InChI=1S/C8H10N2O2/c1-5-3-4-10-8(12-2)6(5)7(9)11/h3-4H,1-2H3,(H2,9,11). The Kier molecular flexibility index (Phi) is 2.28. The zero-order valence-corrected chi connectivity index (χ0v) is 7.00. The second kappa shape index (κ2) is 3.21. The van der Waals surface area contributed by atoms with E-state index in [1.807, 2.05) is 0 Å². The third-order valence-corrected chi connectivity index (χ3v) is 1.56. The lowest BCUT2D eigenvalue weighted by Gasteiger charge is -2.05. The molecule has 4 heteroatoms. The van der Waals surface area contributed by atoms with Crippen LogP contribution >= 0.6 is 0 Å². The average molecular weight is 166 g/mol. The van der Waals surface area contributed by atoms with E-state index in [0.29, 0.717) is 5.56 Å². The van der Waals surface area contributed by atoms with E-state index in [0.717, 1.165) is 5.56 Å². The number of amides is 1. The van der Waals surface area contributed by atoms with Gasteiger partial charge in [-0.2, -0.15) is 0 Å². The zero-order chi connectivity index (χ0) is 9.14. The van der Waals surface area contributed by atoms with Gasteiger partial charge in [-0.05, 0) is 18.6 Å². The molecule has 1 aromatic rings. The predicted molar refractivity (Wildman–Crippen MR) is 44.0 cm³/mol. The van der Waals surface area contributed by atoms with Crippen molar-refractivity contribution in [3.05, 3.63) is 23.4 Å². The number of carbonyl (C=O) groups excluding carboxylic acids is 1. The lowest BCUT2D eigenvalue weighted by molar-refractivity contribution is 0.0996. The Morgan fingerprint density at radius 3 is 2.75 bits per heavy atom. The number of aromatic nitrogens is 1. The van der Waals surface area contributed by atoms with Gasteiger partial charge in [0.2, 0.25) is 5.88 Å². The molecule has 4 nitrogen and oxygen atoms in total. The molecule has 12 heavy (non-hydrogen) atoms. The van der Waals surface area contributed by atoms with Crippen LogP contribution in [0.5, 0.6) is 5.88 Å². The van der Waals surface area contributed by atoms with E-state index in [2.05, 4.69) is 4.98 Å². The Labute approximate surface area is 70.4 Å². The molecule has 1 amide bonds. The molecule has 2 N–H and O–H groups in total. The number of methoxy groups -OCH3 is 1. The van der Waals surface area contributed by atoms with Crippen molar-refractivity contribution < 1.29 is 9.53 Å². The quantitative estimate of drug-likeness (QED) is 0.695. The third-order valence-electron chi connectivity index (χ3n) is 1.56. The molecule has 0 atom stereocenters. The van der Waals surface area contributed by atoms with Crippen molar-refractivity contribution in [1.29, 1.82) is 0 Å². The van der Waals surface area contributed by atoms with Crippen molar-refractivity contribution in [2.24, 2.45) is 5.73 Å². The summed E-state index contributed by atoms with van der Waals surface area (Å²) in [5.41, 5.74) is 6.25. The molecule has 1 heterocycles. The molecule has 0 radical (unpaired) electrons. The number of nitrogens with zero attached hydrogens (tertiary/aromatic N) is 1. The molecule has 0 saturated carbocycles. The van der Waals surface area contributed by atoms with Gasteiger partial charge in [0.25, 0.3) is 5.91 Å². The van der Waals surface area contributed by atoms with Crippen LogP contribution in [-0.2, 0) is 0 Å². The van der Waals surface area contributed by atoms with Crippen molar-refractivity contribution in [2.75, 3.05) is 7.11 Å². The summed E-state index contributed by atoms with van der Waals surface area (Å²) in [6.07, 6.45) is 1.57. The predicted octanol–water partition coefficient (Wildman–Crippen LogP) is 0.498. The fraction of sp³-hybridized carbons (Fsp3) is 0.250. The summed E-state index contributed by atoms with van der Waals surface area (Å²) in [7, 11) is 1.45. The van der Waals surface area contributed by atoms with Crippen molar-refractivity contribution in [1.82, 2.24) is 4.98 Å². The minimum atomic E-state index is -0.516. The maximum atomic E-state index is 10.9. The first kappa shape index (κ1) is 8.52. The first-order valence-electron chi connectivity index (χ1n) is 3.46. The van der Waals surface area contributed by atoms with Gasteiger partial charge in [-0.3, -0.25) is 4.79 Å². The number of pyridine rings is 1. The lowest BCUT2D eigenvalue weighted by atomic mass is 10.1. The third kappa shape index (κ3) is 1.37. The maximum absolute atomic E-state index is 10.9. The molecule has 0 aliphatic rings. The first-order chi connectivity index (χ1) is 5.66. The topological polar surface area (TPSA) is 65.2 Å². The Balaban J connectivity index is 3.29. The van der Waals surface area contributed by atoms with Gasteiger partial charge in [-0.15, -0.1) is 0 Å². The van der Waals surface area contributed by atoms with Crippen LogP contribution in [0.25, 0.3) is 0 Å². The number of carbonyl (C=O) groups is 1. The molecular weight excluding hydrogens is 156 g/mol. The Morgan fingerprint density at radius 2 is 2.33 bits per heavy atom. The van der Waals surface area contributed by atoms with Crippen molar-refractivity contribution in [3.8, 4) is 5.88 Å². The summed E-state index contributed by atoms with van der Waals surface area (Å²) in [6, 6.07) is 1.71. The summed E-state index contributed by atoms with van der Waals surface area (Å²) in [5, 5.41) is 0. The highest BCUT2D eigenvalue weighted by Gasteiger charge is 2.12. The summed E-state index contributed by atoms with van der Waals surface area (Å²) < 4.78 is 4.88. The van der Waals surface area contributed by atoms with Crippen LogP contribution in [0.3, 0.4) is 0 Å². The van der Waals surface area contributed by atoms with E-state index >= 15 is 0 Å².